The Bertz CT molecular complexity index is 872. The van der Waals surface area contributed by atoms with E-state index in [9.17, 15) is 5.11 Å². The predicted octanol–water partition coefficient (Wildman–Crippen LogP) is 1.92. The zero-order valence-electron chi connectivity index (χ0n) is 13.9. The van der Waals surface area contributed by atoms with Crippen molar-refractivity contribution in [1.82, 2.24) is 25.0 Å². The van der Waals surface area contributed by atoms with E-state index in [0.717, 1.165) is 6.42 Å². The van der Waals surface area contributed by atoms with Gasteiger partial charge in [-0.2, -0.15) is 9.97 Å². The van der Waals surface area contributed by atoms with Crippen LogP contribution in [0.4, 0.5) is 23.1 Å². The van der Waals surface area contributed by atoms with Crippen LogP contribution >= 0.6 is 11.6 Å². The fourth-order valence-electron chi connectivity index (χ4n) is 2.35. The van der Waals surface area contributed by atoms with Crippen LogP contribution in [0.25, 0.3) is 11.2 Å². The molecule has 0 aliphatic rings. The summed E-state index contributed by atoms with van der Waals surface area (Å²) in [6.07, 6.45) is 0.731. The third kappa shape index (κ3) is 3.72. The quantitative estimate of drug-likeness (QED) is 0.490. The van der Waals surface area contributed by atoms with Crippen molar-refractivity contribution in [2.75, 3.05) is 23.0 Å². The van der Waals surface area contributed by atoms with E-state index in [1.807, 2.05) is 6.92 Å². The Morgan fingerprint density at radius 2 is 2.12 bits per heavy atom. The summed E-state index contributed by atoms with van der Waals surface area (Å²) in [5, 5.41) is 24.3. The number of benzene rings is 1. The first-order valence-electron chi connectivity index (χ1n) is 7.78. The molecule has 0 spiro atoms. The minimum Gasteiger partial charge on any atom is -0.399 e. The minimum atomic E-state index is -0.145. The molecule has 25 heavy (non-hydrogen) atoms. The Balaban J connectivity index is 2.03. The number of aryl methyl sites for hydroxylation is 1. The Morgan fingerprint density at radius 3 is 2.80 bits per heavy atom. The normalized spacial score (nSPS) is 12.3. The minimum absolute atomic E-state index is 0.0187. The van der Waals surface area contributed by atoms with Gasteiger partial charge in [0.2, 0.25) is 5.95 Å². The molecule has 9 nitrogen and oxygen atoms in total. The largest absolute Gasteiger partial charge is 0.399 e. The van der Waals surface area contributed by atoms with Crippen LogP contribution in [0.3, 0.4) is 0 Å². The molecular weight excluding hydrogens is 344 g/mol. The maximum absolute atomic E-state index is 9.39. The molecule has 10 heteroatoms. The van der Waals surface area contributed by atoms with Crippen LogP contribution in [-0.4, -0.2) is 42.7 Å². The number of anilines is 4. The van der Waals surface area contributed by atoms with Gasteiger partial charge in [-0.3, -0.25) is 0 Å². The Hall–Kier alpha value is -2.65. The molecule has 0 saturated carbocycles. The zero-order chi connectivity index (χ0) is 18.0. The number of fused-ring (bicyclic) bond motifs is 1. The van der Waals surface area contributed by atoms with E-state index in [-0.39, 0.29) is 12.6 Å². The highest BCUT2D eigenvalue weighted by atomic mass is 35.5. The van der Waals surface area contributed by atoms with E-state index >= 15 is 0 Å². The van der Waals surface area contributed by atoms with Gasteiger partial charge in [-0.15, -0.1) is 5.10 Å². The first kappa shape index (κ1) is 17.2. The van der Waals surface area contributed by atoms with Crippen molar-refractivity contribution < 1.29 is 5.11 Å². The highest BCUT2D eigenvalue weighted by molar-refractivity contribution is 6.31. The molecule has 5 N–H and O–H groups in total. The van der Waals surface area contributed by atoms with E-state index < -0.39 is 0 Å². The molecular formula is C15H19ClN8O. The SMILES string of the molecule is CCC(CO)Nc1nc(Nc2cc(N)cc(Cl)c2)c2nnn(C)c2n1. The van der Waals surface area contributed by atoms with Gasteiger partial charge in [0.25, 0.3) is 0 Å². The Morgan fingerprint density at radius 1 is 1.32 bits per heavy atom. The maximum Gasteiger partial charge on any atom is 0.227 e. The van der Waals surface area contributed by atoms with Crippen molar-refractivity contribution in [2.24, 2.45) is 7.05 Å². The lowest BCUT2D eigenvalue weighted by Crippen LogP contribution is -2.24. The van der Waals surface area contributed by atoms with Crippen LogP contribution < -0.4 is 16.4 Å². The van der Waals surface area contributed by atoms with Crippen molar-refractivity contribution in [1.29, 1.82) is 0 Å². The molecule has 0 radical (unpaired) electrons. The number of rotatable bonds is 6. The molecule has 3 aromatic rings. The number of aromatic nitrogens is 5. The molecule has 0 aliphatic heterocycles. The number of aliphatic hydroxyl groups is 1. The van der Waals surface area contributed by atoms with E-state index in [1.165, 1.54) is 0 Å². The lowest BCUT2D eigenvalue weighted by atomic mass is 10.2. The molecule has 1 atom stereocenters. The number of nitrogens with one attached hydrogen (secondary N) is 2. The summed E-state index contributed by atoms with van der Waals surface area (Å²) in [4.78, 5) is 8.88. The summed E-state index contributed by atoms with van der Waals surface area (Å²) in [5.41, 5.74) is 8.12. The average Bonchev–Trinajstić information content (AvgIpc) is 2.93. The van der Waals surface area contributed by atoms with Crippen molar-refractivity contribution in [3.8, 4) is 0 Å². The van der Waals surface area contributed by atoms with Gasteiger partial charge in [0.1, 0.15) is 0 Å². The van der Waals surface area contributed by atoms with E-state index in [1.54, 1.807) is 29.9 Å². The van der Waals surface area contributed by atoms with Gasteiger partial charge in [-0.25, -0.2) is 4.68 Å². The number of hydrogen-bond donors (Lipinski definition) is 4. The van der Waals surface area contributed by atoms with E-state index in [0.29, 0.717) is 39.3 Å². The maximum atomic E-state index is 9.39. The standard InChI is InChI=1S/C15H19ClN8O/c1-3-10(7-25)19-15-20-13(12-14(21-15)24(2)23-22-12)18-11-5-8(16)4-9(17)6-11/h4-6,10,25H,3,7,17H2,1-2H3,(H2,18,19,20,21). The van der Waals surface area contributed by atoms with Crippen LogP contribution in [0.2, 0.25) is 5.02 Å². The van der Waals surface area contributed by atoms with Gasteiger partial charge >= 0.3 is 0 Å². The van der Waals surface area contributed by atoms with Crippen LogP contribution in [0.5, 0.6) is 0 Å². The monoisotopic (exact) mass is 362 g/mol. The summed E-state index contributed by atoms with van der Waals surface area (Å²) in [5.74, 6) is 0.839. The smallest absolute Gasteiger partial charge is 0.227 e. The highest BCUT2D eigenvalue weighted by Crippen LogP contribution is 2.27. The van der Waals surface area contributed by atoms with E-state index in [4.69, 9.17) is 17.3 Å². The fraction of sp³-hybridized carbons (Fsp3) is 0.333. The van der Waals surface area contributed by atoms with Crippen molar-refractivity contribution in [3.63, 3.8) is 0 Å². The molecule has 3 rings (SSSR count). The number of hydrogen-bond acceptors (Lipinski definition) is 8. The second-order valence-corrected chi connectivity index (χ2v) is 6.05. The highest BCUT2D eigenvalue weighted by Gasteiger charge is 2.15. The Labute approximate surface area is 149 Å². The summed E-state index contributed by atoms with van der Waals surface area (Å²) in [6, 6.07) is 4.99. The van der Waals surface area contributed by atoms with Gasteiger partial charge in [0, 0.05) is 23.4 Å². The zero-order valence-corrected chi connectivity index (χ0v) is 14.6. The lowest BCUT2D eigenvalue weighted by Gasteiger charge is -2.15. The summed E-state index contributed by atoms with van der Waals surface area (Å²) in [7, 11) is 1.75. The van der Waals surface area contributed by atoms with Crippen molar-refractivity contribution in [3.05, 3.63) is 23.2 Å². The van der Waals surface area contributed by atoms with Crippen molar-refractivity contribution >= 4 is 45.9 Å². The van der Waals surface area contributed by atoms with Crippen LogP contribution in [0.1, 0.15) is 13.3 Å². The number of aliphatic hydroxyl groups excluding tert-OH is 1. The molecule has 132 valence electrons. The van der Waals surface area contributed by atoms with Crippen molar-refractivity contribution in [2.45, 2.75) is 19.4 Å². The van der Waals surface area contributed by atoms with Crippen LogP contribution in [0.15, 0.2) is 18.2 Å². The van der Waals surface area contributed by atoms with E-state index in [2.05, 4.69) is 30.9 Å². The molecule has 2 aromatic heterocycles. The second kappa shape index (κ2) is 7.08. The predicted molar refractivity (Wildman–Crippen MR) is 98.0 cm³/mol. The van der Waals surface area contributed by atoms with Gasteiger partial charge < -0.3 is 21.5 Å². The second-order valence-electron chi connectivity index (χ2n) is 5.61. The molecule has 0 amide bonds. The summed E-state index contributed by atoms with van der Waals surface area (Å²) in [6.45, 7) is 1.95. The molecule has 0 saturated heterocycles. The van der Waals surface area contributed by atoms with Gasteiger partial charge in [-0.05, 0) is 24.6 Å². The summed E-state index contributed by atoms with van der Waals surface area (Å²) >= 11 is 6.05. The molecule has 1 unspecified atom stereocenters. The third-order valence-electron chi connectivity index (χ3n) is 3.68. The Kier molecular flexibility index (Phi) is 4.86. The number of halogens is 1. The topological polar surface area (TPSA) is 127 Å². The van der Waals surface area contributed by atoms with Gasteiger partial charge in [0.05, 0.1) is 12.6 Å². The van der Waals surface area contributed by atoms with Gasteiger partial charge in [-0.1, -0.05) is 23.7 Å². The molecule has 1 aromatic carbocycles. The molecule has 0 bridgehead atoms. The fourth-order valence-corrected chi connectivity index (χ4v) is 2.59. The van der Waals surface area contributed by atoms with Gasteiger partial charge in [0.15, 0.2) is 17.0 Å². The average molecular weight is 363 g/mol. The number of nitrogens with two attached hydrogens (primary N) is 1. The summed E-state index contributed by atoms with van der Waals surface area (Å²) < 4.78 is 1.56. The molecule has 2 heterocycles. The first-order chi connectivity index (χ1) is 12.0. The molecule has 0 fully saturated rings. The third-order valence-corrected chi connectivity index (χ3v) is 3.90. The molecule has 0 aliphatic carbocycles. The van der Waals surface area contributed by atoms with Crippen LogP contribution in [0, 0.1) is 0 Å². The first-order valence-corrected chi connectivity index (χ1v) is 8.16. The van der Waals surface area contributed by atoms with Crippen LogP contribution in [-0.2, 0) is 7.05 Å². The number of nitrogens with zero attached hydrogens (tertiary/aromatic N) is 5. The lowest BCUT2D eigenvalue weighted by molar-refractivity contribution is 0.271. The number of nitrogen functional groups attached to an aromatic ring is 1.